The molecule has 85 heavy (non-hydrogen) atoms. The standard InChI is InChI=1S/C80H84BN3O/c1-48(2)51-41-63-71-64(42-51)81-69-66(83(53-33-34-58-60(43-53)75(5,6)38-37-74(58,3)4)70-57-46-61-62(47-59(57)78(11,12)73(70)81)77(9,10)40-39-76(61,7)8)44-54(45-67(69)84(71)80(14)36-21-20-35-79(63,80)13)82(52-31-29-50(30-32-52)49-23-16-15-17-24-49)65-27-22-26-56-55-25-18-19-28-68(55)85-72(56)65/h15-19,22-34,41-48H,20-21,35-40H2,1-14H3. The molecule has 0 N–H and O–H groups in total. The van der Waals surface area contributed by atoms with E-state index in [1.165, 1.54) is 128 Å². The van der Waals surface area contributed by atoms with Gasteiger partial charge < -0.3 is 19.1 Å². The molecule has 8 aromatic carbocycles. The van der Waals surface area contributed by atoms with Gasteiger partial charge in [-0.15, -0.1) is 0 Å². The van der Waals surface area contributed by atoms with Crippen LogP contribution in [0.15, 0.2) is 162 Å². The Bertz CT molecular complexity index is 4380. The van der Waals surface area contributed by atoms with E-state index in [9.17, 15) is 0 Å². The van der Waals surface area contributed by atoms with Gasteiger partial charge in [-0.05, 0) is 189 Å². The fourth-order valence-corrected chi connectivity index (χ4v) is 18.2. The number of hydrogen-bond acceptors (Lipinski definition) is 4. The van der Waals surface area contributed by atoms with E-state index in [-0.39, 0.29) is 44.7 Å². The zero-order valence-electron chi connectivity index (χ0n) is 53.0. The number of furan rings is 1. The highest BCUT2D eigenvalue weighted by molar-refractivity contribution is 6.96. The van der Waals surface area contributed by atoms with Crippen LogP contribution in [-0.4, -0.2) is 12.3 Å². The summed E-state index contributed by atoms with van der Waals surface area (Å²) in [4.78, 5) is 8.34. The molecule has 0 radical (unpaired) electrons. The first-order valence-corrected chi connectivity index (χ1v) is 32.4. The van der Waals surface area contributed by atoms with Crippen LogP contribution in [0.5, 0.6) is 0 Å². The number of nitrogens with zero attached hydrogens (tertiary/aromatic N) is 3. The van der Waals surface area contributed by atoms with Crippen molar-refractivity contribution in [2.75, 3.05) is 14.7 Å². The summed E-state index contributed by atoms with van der Waals surface area (Å²) < 4.78 is 7.13. The molecule has 0 amide bonds. The van der Waals surface area contributed by atoms with E-state index in [2.05, 4.69) is 263 Å². The molecular weight excluding hydrogens is 1030 g/mol. The first-order chi connectivity index (χ1) is 40.4. The number of benzene rings is 8. The van der Waals surface area contributed by atoms with Gasteiger partial charge in [0.2, 0.25) is 6.71 Å². The van der Waals surface area contributed by atoms with E-state index < -0.39 is 0 Å². The zero-order chi connectivity index (χ0) is 58.9. The molecule has 4 heterocycles. The summed E-state index contributed by atoms with van der Waals surface area (Å²) in [7, 11) is 0. The molecule has 3 aliphatic heterocycles. The smallest absolute Gasteiger partial charge is 0.248 e. The van der Waals surface area contributed by atoms with Crippen molar-refractivity contribution in [1.29, 1.82) is 0 Å². The SMILES string of the molecule is CC(C)c1cc2c3c(c1)C1(C)CCCCC1(C)N3c1cc(N(c3ccc(-c4ccccc4)cc3)c3cccc4c3oc3ccccc34)cc3c1B2C1=C(c2cc4c(cc2C1(C)C)C(C)(C)CCC4(C)C)N3c1ccc2c(c1)C(C)(C)CCC2(C)C. The molecule has 0 spiro atoms. The number of hydrogen-bond donors (Lipinski definition) is 0. The topological polar surface area (TPSA) is 22.9 Å². The summed E-state index contributed by atoms with van der Waals surface area (Å²) in [6.07, 6.45) is 9.43. The number of allylic oxidation sites excluding steroid dienone is 1. The average Bonchev–Trinajstić information content (AvgIpc) is 1.53. The minimum atomic E-state index is -0.311. The first kappa shape index (κ1) is 53.3. The normalized spacial score (nSPS) is 22.9. The van der Waals surface area contributed by atoms with Gasteiger partial charge in [0, 0.05) is 61.3 Å². The summed E-state index contributed by atoms with van der Waals surface area (Å²) >= 11 is 0. The van der Waals surface area contributed by atoms with Gasteiger partial charge in [0.15, 0.2) is 5.58 Å². The lowest BCUT2D eigenvalue weighted by Gasteiger charge is -2.53. The molecule has 1 aromatic heterocycles. The third-order valence-electron chi connectivity index (χ3n) is 23.7. The van der Waals surface area contributed by atoms with Crippen molar-refractivity contribution in [1.82, 2.24) is 0 Å². The van der Waals surface area contributed by atoms with Crippen molar-refractivity contribution in [2.24, 2.45) is 0 Å². The van der Waals surface area contributed by atoms with Crippen molar-refractivity contribution in [3.8, 4) is 11.1 Å². The maximum absolute atomic E-state index is 7.13. The quantitative estimate of drug-likeness (QED) is 0.155. The maximum atomic E-state index is 7.13. The Morgan fingerprint density at radius 3 is 1.85 bits per heavy atom. The molecule has 2 atom stereocenters. The van der Waals surface area contributed by atoms with E-state index >= 15 is 0 Å². The highest BCUT2D eigenvalue weighted by Gasteiger charge is 2.63. The number of fused-ring (bicyclic) bond motifs is 13. The Morgan fingerprint density at radius 2 is 1.13 bits per heavy atom. The summed E-state index contributed by atoms with van der Waals surface area (Å²) in [5.41, 5.74) is 30.3. The zero-order valence-corrected chi connectivity index (χ0v) is 53.0. The van der Waals surface area contributed by atoms with Gasteiger partial charge in [-0.2, -0.15) is 0 Å². The van der Waals surface area contributed by atoms with E-state index in [1.807, 2.05) is 0 Å². The molecule has 4 aliphatic carbocycles. The lowest BCUT2D eigenvalue weighted by Crippen LogP contribution is -2.62. The largest absolute Gasteiger partial charge is 0.454 e. The summed E-state index contributed by atoms with van der Waals surface area (Å²) in [5.74, 6) is 0.377. The van der Waals surface area contributed by atoms with Gasteiger partial charge in [0.05, 0.1) is 16.9 Å². The van der Waals surface area contributed by atoms with Crippen LogP contribution in [0.4, 0.5) is 39.8 Å². The van der Waals surface area contributed by atoms with Crippen LogP contribution in [0, 0.1) is 0 Å². The predicted molar refractivity (Wildman–Crippen MR) is 361 cm³/mol. The van der Waals surface area contributed by atoms with Gasteiger partial charge in [0.25, 0.3) is 0 Å². The van der Waals surface area contributed by atoms with E-state index in [1.54, 1.807) is 11.0 Å². The Kier molecular flexibility index (Phi) is 11.0. The van der Waals surface area contributed by atoms with Crippen molar-refractivity contribution in [3.05, 3.63) is 202 Å². The highest BCUT2D eigenvalue weighted by Crippen LogP contribution is 2.66. The third kappa shape index (κ3) is 7.16. The van der Waals surface area contributed by atoms with Gasteiger partial charge in [-0.3, -0.25) is 0 Å². The van der Waals surface area contributed by atoms with Gasteiger partial charge in [0.1, 0.15) is 5.58 Å². The molecule has 7 aliphatic rings. The maximum Gasteiger partial charge on any atom is 0.248 e. The molecule has 1 saturated carbocycles. The molecule has 5 heteroatoms. The lowest BCUT2D eigenvalue weighted by molar-refractivity contribution is 0.195. The lowest BCUT2D eigenvalue weighted by atomic mass is 9.30. The number of para-hydroxylation sites is 2. The fraction of sp³-hybridized carbons (Fsp3) is 0.375. The van der Waals surface area contributed by atoms with Crippen LogP contribution < -0.4 is 25.6 Å². The van der Waals surface area contributed by atoms with Crippen LogP contribution in [0.1, 0.15) is 199 Å². The third-order valence-corrected chi connectivity index (χ3v) is 23.7. The highest BCUT2D eigenvalue weighted by atomic mass is 16.3. The molecule has 9 aromatic rings. The van der Waals surface area contributed by atoms with E-state index in [0.717, 1.165) is 51.8 Å². The van der Waals surface area contributed by atoms with Gasteiger partial charge in [-0.1, -0.05) is 205 Å². The molecule has 0 bridgehead atoms. The Hall–Kier alpha value is -7.24. The first-order valence-electron chi connectivity index (χ1n) is 32.4. The minimum Gasteiger partial charge on any atom is -0.454 e. The average molecular weight is 1110 g/mol. The van der Waals surface area contributed by atoms with E-state index in [0.29, 0.717) is 5.92 Å². The second-order valence-corrected chi connectivity index (χ2v) is 31.1. The monoisotopic (exact) mass is 1110 g/mol. The molecule has 2 unspecified atom stereocenters. The fourth-order valence-electron chi connectivity index (χ4n) is 18.2. The summed E-state index contributed by atoms with van der Waals surface area (Å²) in [6.45, 7) is 35.4. The molecular formula is C80H84BN3O. The van der Waals surface area contributed by atoms with Crippen molar-refractivity contribution >= 4 is 85.1 Å². The minimum absolute atomic E-state index is 0.00531. The van der Waals surface area contributed by atoms with Gasteiger partial charge in [-0.25, -0.2) is 0 Å². The second kappa shape index (κ2) is 17.5. The second-order valence-electron chi connectivity index (χ2n) is 31.1. The molecule has 0 saturated heterocycles. The molecule has 4 nitrogen and oxygen atoms in total. The summed E-state index contributed by atoms with van der Waals surface area (Å²) in [5, 5.41) is 2.26. The summed E-state index contributed by atoms with van der Waals surface area (Å²) in [6, 6.07) is 59.4. The molecule has 1 fully saturated rings. The number of anilines is 7. The van der Waals surface area contributed by atoms with Crippen molar-refractivity contribution in [2.45, 2.75) is 192 Å². The number of rotatable bonds is 6. The predicted octanol–water partition coefficient (Wildman–Crippen LogP) is 20.6. The Labute approximate surface area is 506 Å². The van der Waals surface area contributed by atoms with Crippen LogP contribution in [0.25, 0.3) is 38.8 Å². The van der Waals surface area contributed by atoms with E-state index in [4.69, 9.17) is 4.42 Å². The van der Waals surface area contributed by atoms with Crippen molar-refractivity contribution in [3.63, 3.8) is 0 Å². The van der Waals surface area contributed by atoms with Crippen LogP contribution in [-0.2, 0) is 32.5 Å². The van der Waals surface area contributed by atoms with Gasteiger partial charge >= 0.3 is 0 Å². The Balaban J connectivity index is 1.07. The van der Waals surface area contributed by atoms with Crippen LogP contribution in [0.2, 0.25) is 0 Å². The van der Waals surface area contributed by atoms with Crippen molar-refractivity contribution < 1.29 is 4.42 Å². The van der Waals surface area contributed by atoms with Crippen LogP contribution >= 0.6 is 0 Å². The molecule has 16 rings (SSSR count). The Morgan fingerprint density at radius 1 is 0.506 bits per heavy atom. The van der Waals surface area contributed by atoms with Crippen LogP contribution in [0.3, 0.4) is 0 Å². The molecule has 428 valence electrons.